The summed E-state index contributed by atoms with van der Waals surface area (Å²) in [5.41, 5.74) is 2.11. The smallest absolute Gasteiger partial charge is 0.345 e. The maximum atomic E-state index is 11.4. The first-order valence-corrected chi connectivity index (χ1v) is 5.18. The molecule has 2 rings (SSSR count). The zero-order valence-corrected chi connectivity index (χ0v) is 9.07. The van der Waals surface area contributed by atoms with Crippen molar-refractivity contribution in [1.82, 2.24) is 4.98 Å². The minimum Gasteiger partial charge on any atom is -0.477 e. The van der Waals surface area contributed by atoms with Crippen LogP contribution in [0, 0.1) is 6.92 Å². The molecule has 2 aromatic rings. The Morgan fingerprint density at radius 2 is 2.13 bits per heavy atom. The number of aryl methyl sites for hydroxylation is 1. The number of carbonyl (C=O) groups excluding carboxylic acids is 1. The minimum absolute atomic E-state index is 0.0439. The molecule has 0 fully saturated rings. The van der Waals surface area contributed by atoms with Gasteiger partial charge in [-0.15, -0.1) is 11.3 Å². The van der Waals surface area contributed by atoms with Gasteiger partial charge in [-0.3, -0.25) is 4.79 Å². The van der Waals surface area contributed by atoms with E-state index >= 15 is 0 Å². The molecule has 0 saturated heterocycles. The zero-order valence-electron chi connectivity index (χ0n) is 8.25. The first kappa shape index (κ1) is 9.92. The lowest BCUT2D eigenvalue weighted by atomic mass is 10.2. The molecule has 2 N–H and O–H groups in total. The van der Waals surface area contributed by atoms with Gasteiger partial charge in [0.25, 0.3) is 0 Å². The van der Waals surface area contributed by atoms with Crippen molar-refractivity contribution in [3.05, 3.63) is 22.2 Å². The summed E-state index contributed by atoms with van der Waals surface area (Å²) in [6.45, 7) is 3.29. The van der Waals surface area contributed by atoms with Crippen LogP contribution in [0.5, 0.6) is 0 Å². The quantitative estimate of drug-likeness (QED) is 0.768. The fourth-order valence-corrected chi connectivity index (χ4v) is 2.74. The molecule has 78 valence electrons. The lowest BCUT2D eigenvalue weighted by Gasteiger charge is -1.92. The molecule has 0 aromatic carbocycles. The summed E-state index contributed by atoms with van der Waals surface area (Å²) in [5.74, 6) is -1.01. The number of aromatic carboxylic acids is 1. The van der Waals surface area contributed by atoms with Crippen molar-refractivity contribution in [2.75, 3.05) is 0 Å². The van der Waals surface area contributed by atoms with Crippen molar-refractivity contribution in [1.29, 1.82) is 0 Å². The van der Waals surface area contributed by atoms with Gasteiger partial charge in [-0.2, -0.15) is 0 Å². The van der Waals surface area contributed by atoms with Crippen LogP contribution in [-0.2, 0) is 0 Å². The normalized spacial score (nSPS) is 10.8. The van der Waals surface area contributed by atoms with Crippen molar-refractivity contribution in [2.45, 2.75) is 13.8 Å². The third-order valence-electron chi connectivity index (χ3n) is 2.22. The first-order valence-electron chi connectivity index (χ1n) is 4.37. The van der Waals surface area contributed by atoms with E-state index in [1.54, 1.807) is 6.07 Å². The molecular formula is C10H9NO3S. The maximum Gasteiger partial charge on any atom is 0.345 e. The van der Waals surface area contributed by atoms with E-state index in [2.05, 4.69) is 4.98 Å². The largest absolute Gasteiger partial charge is 0.477 e. The van der Waals surface area contributed by atoms with Gasteiger partial charge < -0.3 is 10.1 Å². The SMILES string of the molecule is CC(=O)c1c(C)[nH]c2cc(C(=O)O)sc12. The van der Waals surface area contributed by atoms with E-state index in [1.807, 2.05) is 6.92 Å². The van der Waals surface area contributed by atoms with E-state index < -0.39 is 5.97 Å². The van der Waals surface area contributed by atoms with E-state index in [0.29, 0.717) is 5.56 Å². The third kappa shape index (κ3) is 1.45. The summed E-state index contributed by atoms with van der Waals surface area (Å²) in [5, 5.41) is 8.81. The van der Waals surface area contributed by atoms with Crippen LogP contribution in [0.2, 0.25) is 0 Å². The lowest BCUT2D eigenvalue weighted by molar-refractivity contribution is 0.0702. The predicted molar refractivity (Wildman–Crippen MR) is 57.9 cm³/mol. The number of hydrogen-bond donors (Lipinski definition) is 2. The van der Waals surface area contributed by atoms with Gasteiger partial charge in [0.15, 0.2) is 5.78 Å². The van der Waals surface area contributed by atoms with E-state index in [1.165, 1.54) is 6.92 Å². The lowest BCUT2D eigenvalue weighted by Crippen LogP contribution is -1.93. The Morgan fingerprint density at radius 1 is 1.47 bits per heavy atom. The monoisotopic (exact) mass is 223 g/mol. The fraction of sp³-hybridized carbons (Fsp3) is 0.200. The minimum atomic E-state index is -0.961. The number of carboxylic acid groups (broad SMARTS) is 1. The van der Waals surface area contributed by atoms with Gasteiger partial charge in [0.1, 0.15) is 4.88 Å². The van der Waals surface area contributed by atoms with Crippen molar-refractivity contribution in [3.8, 4) is 0 Å². The Labute approximate surface area is 89.5 Å². The maximum absolute atomic E-state index is 11.4. The number of Topliss-reactive ketones (excluding diaryl/α,β-unsaturated/α-hetero) is 1. The summed E-state index contributed by atoms with van der Waals surface area (Å²) >= 11 is 1.13. The standard InChI is InChI=1S/C10H9NO3S/c1-4-8(5(2)12)9-6(11-4)3-7(15-9)10(13)14/h3,11H,1-2H3,(H,13,14). The molecule has 0 amide bonds. The van der Waals surface area contributed by atoms with E-state index in [-0.39, 0.29) is 10.7 Å². The summed E-state index contributed by atoms with van der Waals surface area (Å²) in [4.78, 5) is 25.4. The molecule has 2 aromatic heterocycles. The number of rotatable bonds is 2. The Morgan fingerprint density at radius 3 is 2.67 bits per heavy atom. The molecule has 0 radical (unpaired) electrons. The number of aromatic amines is 1. The van der Waals surface area contributed by atoms with Crippen molar-refractivity contribution < 1.29 is 14.7 Å². The molecule has 0 unspecified atom stereocenters. The van der Waals surface area contributed by atoms with Crippen LogP contribution in [-0.4, -0.2) is 21.8 Å². The fourth-order valence-electron chi connectivity index (χ4n) is 1.63. The van der Waals surface area contributed by atoms with Gasteiger partial charge in [-0.05, 0) is 19.9 Å². The Bertz CT molecular complexity index is 564. The Kier molecular flexibility index (Phi) is 2.12. The van der Waals surface area contributed by atoms with Crippen LogP contribution < -0.4 is 0 Å². The molecule has 4 nitrogen and oxygen atoms in total. The Hall–Kier alpha value is -1.62. The average Bonchev–Trinajstić information content (AvgIpc) is 2.58. The van der Waals surface area contributed by atoms with Crippen LogP contribution >= 0.6 is 11.3 Å². The van der Waals surface area contributed by atoms with Crippen LogP contribution in [0.15, 0.2) is 6.07 Å². The zero-order chi connectivity index (χ0) is 11.2. The summed E-state index contributed by atoms with van der Waals surface area (Å²) in [6, 6.07) is 1.56. The molecule has 0 aliphatic rings. The molecule has 2 heterocycles. The number of nitrogens with one attached hydrogen (secondary N) is 1. The Balaban J connectivity index is 2.74. The molecule has 0 aliphatic heterocycles. The topological polar surface area (TPSA) is 70.2 Å². The van der Waals surface area contributed by atoms with Crippen LogP contribution in [0.3, 0.4) is 0 Å². The van der Waals surface area contributed by atoms with Crippen molar-refractivity contribution >= 4 is 33.3 Å². The number of H-pyrrole nitrogens is 1. The van der Waals surface area contributed by atoms with Gasteiger partial charge in [0.2, 0.25) is 0 Å². The van der Waals surface area contributed by atoms with Crippen molar-refractivity contribution in [3.63, 3.8) is 0 Å². The highest BCUT2D eigenvalue weighted by molar-refractivity contribution is 7.21. The van der Waals surface area contributed by atoms with Crippen LogP contribution in [0.1, 0.15) is 32.6 Å². The number of thiophene rings is 1. The molecular weight excluding hydrogens is 214 g/mol. The van der Waals surface area contributed by atoms with Gasteiger partial charge in [0.05, 0.1) is 15.8 Å². The first-order chi connectivity index (χ1) is 7.00. The van der Waals surface area contributed by atoms with Gasteiger partial charge in [0, 0.05) is 5.69 Å². The number of hydrogen-bond acceptors (Lipinski definition) is 3. The molecule has 0 aliphatic carbocycles. The highest BCUT2D eigenvalue weighted by atomic mass is 32.1. The second kappa shape index (κ2) is 3.20. The number of ketones is 1. The number of carbonyl (C=O) groups is 2. The van der Waals surface area contributed by atoms with Crippen LogP contribution in [0.4, 0.5) is 0 Å². The summed E-state index contributed by atoms with van der Waals surface area (Å²) in [7, 11) is 0. The molecule has 0 bridgehead atoms. The van der Waals surface area contributed by atoms with E-state index in [0.717, 1.165) is 27.2 Å². The predicted octanol–water partition coefficient (Wildman–Crippen LogP) is 2.44. The van der Waals surface area contributed by atoms with Crippen molar-refractivity contribution in [2.24, 2.45) is 0 Å². The van der Waals surface area contributed by atoms with E-state index in [9.17, 15) is 9.59 Å². The third-order valence-corrected chi connectivity index (χ3v) is 3.36. The van der Waals surface area contributed by atoms with Gasteiger partial charge >= 0.3 is 5.97 Å². The summed E-state index contributed by atoms with van der Waals surface area (Å²) in [6.07, 6.45) is 0. The molecule has 0 saturated carbocycles. The van der Waals surface area contributed by atoms with Crippen LogP contribution in [0.25, 0.3) is 10.2 Å². The molecule has 0 atom stereocenters. The molecule has 15 heavy (non-hydrogen) atoms. The number of carboxylic acids is 1. The molecule has 0 spiro atoms. The second-order valence-electron chi connectivity index (χ2n) is 3.34. The molecule has 5 heteroatoms. The summed E-state index contributed by atoms with van der Waals surface area (Å²) < 4.78 is 0.734. The number of fused-ring (bicyclic) bond motifs is 1. The number of aromatic nitrogens is 1. The van der Waals surface area contributed by atoms with Gasteiger partial charge in [-0.25, -0.2) is 4.79 Å². The highest BCUT2D eigenvalue weighted by Crippen LogP contribution is 2.30. The average molecular weight is 223 g/mol. The highest BCUT2D eigenvalue weighted by Gasteiger charge is 2.17. The van der Waals surface area contributed by atoms with Gasteiger partial charge in [-0.1, -0.05) is 0 Å². The second-order valence-corrected chi connectivity index (χ2v) is 4.39. The van der Waals surface area contributed by atoms with E-state index in [4.69, 9.17) is 5.11 Å².